The summed E-state index contributed by atoms with van der Waals surface area (Å²) in [5, 5.41) is 11.5. The Morgan fingerprint density at radius 3 is 2.72 bits per heavy atom. The van der Waals surface area contributed by atoms with Crippen molar-refractivity contribution in [2.24, 2.45) is 0 Å². The zero-order chi connectivity index (χ0) is 23.9. The Labute approximate surface area is 185 Å². The Kier molecular flexibility index (Phi) is 9.08. The van der Waals surface area contributed by atoms with Crippen LogP contribution in [0.1, 0.15) is 34.1 Å². The monoisotopic (exact) mass is 472 g/mol. The number of fused-ring (bicyclic) bond motifs is 1. The molecule has 0 saturated carbocycles. The fraction of sp³-hybridized carbons (Fsp3) is 0.611. The number of carboxylic acids is 1. The van der Waals surface area contributed by atoms with Gasteiger partial charge in [-0.2, -0.15) is 0 Å². The standard InChI is InChI=1S/C18H29N6O7P/c1-5-29-16(25)12(31-32(28)23-18(3,4)17(26)27)6-7-30-11(2)8-24-10-22-13-14(19)20-9-21-15(13)24/h9-12,32H,5-8H2,1-4H3,(H,23,28)(H,26,27)(H2,19,20,21)/t11-,12+/m1/s1. The zero-order valence-corrected chi connectivity index (χ0v) is 19.4. The average Bonchev–Trinajstić information content (AvgIpc) is 3.11. The van der Waals surface area contributed by atoms with Crippen LogP contribution in [0.4, 0.5) is 5.82 Å². The van der Waals surface area contributed by atoms with Crippen molar-refractivity contribution in [2.45, 2.75) is 58.4 Å². The summed E-state index contributed by atoms with van der Waals surface area (Å²) in [5.41, 5.74) is 5.37. The van der Waals surface area contributed by atoms with Gasteiger partial charge < -0.3 is 29.4 Å². The molecule has 178 valence electrons. The molecule has 0 radical (unpaired) electrons. The number of hydrogen-bond donors (Lipinski definition) is 3. The molecule has 32 heavy (non-hydrogen) atoms. The second-order valence-electron chi connectivity index (χ2n) is 7.50. The molecule has 0 aliphatic heterocycles. The van der Waals surface area contributed by atoms with Gasteiger partial charge in [-0.05, 0) is 27.7 Å². The molecule has 0 aliphatic rings. The van der Waals surface area contributed by atoms with Crippen LogP contribution in [0.3, 0.4) is 0 Å². The van der Waals surface area contributed by atoms with E-state index in [9.17, 15) is 14.2 Å². The molecular weight excluding hydrogens is 443 g/mol. The van der Waals surface area contributed by atoms with Crippen molar-refractivity contribution in [3.63, 3.8) is 0 Å². The van der Waals surface area contributed by atoms with Gasteiger partial charge in [0.2, 0.25) is 0 Å². The number of anilines is 1. The first-order chi connectivity index (χ1) is 15.0. The first kappa shape index (κ1) is 25.7. The minimum absolute atomic E-state index is 0.0640. The molecule has 2 aromatic rings. The number of nitrogen functional groups attached to an aromatic ring is 1. The van der Waals surface area contributed by atoms with E-state index < -0.39 is 31.8 Å². The number of ether oxygens (including phenoxy) is 2. The number of imidazole rings is 1. The highest BCUT2D eigenvalue weighted by atomic mass is 31.1. The molecule has 0 bridgehead atoms. The normalized spacial score (nSPS) is 14.8. The van der Waals surface area contributed by atoms with Crippen molar-refractivity contribution < 1.29 is 33.3 Å². The summed E-state index contributed by atoms with van der Waals surface area (Å²) in [4.78, 5) is 35.6. The summed E-state index contributed by atoms with van der Waals surface area (Å²) < 4.78 is 30.0. The van der Waals surface area contributed by atoms with Crippen LogP contribution in [0, 0.1) is 0 Å². The average molecular weight is 472 g/mol. The maximum absolute atomic E-state index is 12.3. The summed E-state index contributed by atoms with van der Waals surface area (Å²) in [5.74, 6) is -1.63. The molecule has 4 N–H and O–H groups in total. The Hall–Kier alpha value is -2.60. The van der Waals surface area contributed by atoms with Gasteiger partial charge in [0, 0.05) is 6.42 Å². The maximum atomic E-state index is 12.3. The van der Waals surface area contributed by atoms with Crippen LogP contribution in [0.25, 0.3) is 11.2 Å². The van der Waals surface area contributed by atoms with Crippen LogP contribution >= 0.6 is 8.18 Å². The van der Waals surface area contributed by atoms with E-state index in [4.69, 9.17) is 24.8 Å². The quantitative estimate of drug-likeness (QED) is 0.278. The molecule has 1 unspecified atom stereocenters. The molecule has 0 spiro atoms. The number of aromatic nitrogens is 4. The third kappa shape index (κ3) is 6.95. The topological polar surface area (TPSA) is 181 Å². The van der Waals surface area contributed by atoms with Gasteiger partial charge in [-0.3, -0.25) is 9.36 Å². The molecule has 0 amide bonds. The van der Waals surface area contributed by atoms with Gasteiger partial charge in [0.15, 0.2) is 17.6 Å². The number of carbonyl (C=O) groups excluding carboxylic acids is 1. The van der Waals surface area contributed by atoms with E-state index in [1.165, 1.54) is 20.2 Å². The maximum Gasteiger partial charge on any atom is 0.335 e. The molecular formula is C18H29N6O7P. The summed E-state index contributed by atoms with van der Waals surface area (Å²) in [6.45, 7) is 6.77. The lowest BCUT2D eigenvalue weighted by Gasteiger charge is -2.23. The molecule has 2 aromatic heterocycles. The fourth-order valence-corrected chi connectivity index (χ4v) is 3.81. The smallest absolute Gasteiger partial charge is 0.335 e. The van der Waals surface area contributed by atoms with Gasteiger partial charge in [-0.1, -0.05) is 0 Å². The SMILES string of the molecule is CCOC(=O)[C@H](CCO[C@H](C)Cn1cnc2c(N)ncnc21)O[PH](=O)NC(C)(C)C(=O)O. The molecule has 13 nitrogen and oxygen atoms in total. The highest BCUT2D eigenvalue weighted by Gasteiger charge is 2.31. The van der Waals surface area contributed by atoms with Crippen LogP contribution in [0.5, 0.6) is 0 Å². The van der Waals surface area contributed by atoms with Crippen molar-refractivity contribution in [1.82, 2.24) is 24.6 Å². The number of nitrogens with zero attached hydrogens (tertiary/aromatic N) is 4. The Balaban J connectivity index is 1.92. The predicted molar refractivity (Wildman–Crippen MR) is 115 cm³/mol. The highest BCUT2D eigenvalue weighted by Crippen LogP contribution is 2.26. The number of rotatable bonds is 13. The van der Waals surface area contributed by atoms with E-state index in [-0.39, 0.29) is 31.6 Å². The van der Waals surface area contributed by atoms with Gasteiger partial charge in [0.25, 0.3) is 8.18 Å². The molecule has 14 heteroatoms. The molecule has 0 fully saturated rings. The van der Waals surface area contributed by atoms with E-state index in [2.05, 4.69) is 20.0 Å². The minimum atomic E-state index is -3.05. The number of esters is 1. The van der Waals surface area contributed by atoms with Crippen LogP contribution in [0.2, 0.25) is 0 Å². The van der Waals surface area contributed by atoms with E-state index in [1.54, 1.807) is 17.8 Å². The lowest BCUT2D eigenvalue weighted by atomic mass is 10.1. The summed E-state index contributed by atoms with van der Waals surface area (Å²) >= 11 is 0. The number of hydrogen-bond acceptors (Lipinski definition) is 10. The number of aliphatic carboxylic acids is 1. The largest absolute Gasteiger partial charge is 0.480 e. The number of carboxylic acid groups (broad SMARTS) is 1. The van der Waals surface area contributed by atoms with Gasteiger partial charge >= 0.3 is 11.9 Å². The van der Waals surface area contributed by atoms with Crippen molar-refractivity contribution in [3.8, 4) is 0 Å². The second-order valence-corrected chi connectivity index (χ2v) is 8.56. The molecule has 0 saturated heterocycles. The van der Waals surface area contributed by atoms with Crippen LogP contribution in [-0.2, 0) is 34.7 Å². The van der Waals surface area contributed by atoms with Gasteiger partial charge in [0.05, 0.1) is 32.2 Å². The van der Waals surface area contributed by atoms with Crippen LogP contribution in [0.15, 0.2) is 12.7 Å². The van der Waals surface area contributed by atoms with E-state index in [0.29, 0.717) is 17.7 Å². The third-order valence-corrected chi connectivity index (χ3v) is 5.74. The summed E-state index contributed by atoms with van der Waals surface area (Å²) in [6.07, 6.45) is 1.54. The van der Waals surface area contributed by atoms with Gasteiger partial charge in [0.1, 0.15) is 17.4 Å². The summed E-state index contributed by atoms with van der Waals surface area (Å²) in [6, 6.07) is 0. The van der Waals surface area contributed by atoms with E-state index in [1.807, 2.05) is 6.92 Å². The second kappa shape index (κ2) is 11.3. The van der Waals surface area contributed by atoms with Crippen LogP contribution < -0.4 is 10.8 Å². The predicted octanol–water partition coefficient (Wildman–Crippen LogP) is 0.995. The van der Waals surface area contributed by atoms with Gasteiger partial charge in [-0.15, -0.1) is 0 Å². The van der Waals surface area contributed by atoms with E-state index in [0.717, 1.165) is 0 Å². The fourth-order valence-electron chi connectivity index (χ4n) is 2.67. The third-order valence-electron chi connectivity index (χ3n) is 4.41. The number of carbonyl (C=O) groups is 2. The Morgan fingerprint density at radius 1 is 1.34 bits per heavy atom. The lowest BCUT2D eigenvalue weighted by molar-refractivity contribution is -0.152. The number of nitrogens with two attached hydrogens (primary N) is 1. The Bertz CT molecular complexity index is 966. The van der Waals surface area contributed by atoms with Crippen molar-refractivity contribution in [2.75, 3.05) is 18.9 Å². The molecule has 2 heterocycles. The molecule has 0 aliphatic carbocycles. The Morgan fingerprint density at radius 2 is 2.06 bits per heavy atom. The van der Waals surface area contributed by atoms with Gasteiger partial charge in [-0.25, -0.2) is 24.8 Å². The summed E-state index contributed by atoms with van der Waals surface area (Å²) in [7, 11) is -3.05. The molecule has 2 rings (SSSR count). The first-order valence-corrected chi connectivity index (χ1v) is 11.3. The number of nitrogens with one attached hydrogen (secondary N) is 1. The molecule has 3 atom stereocenters. The first-order valence-electron chi connectivity index (χ1n) is 9.96. The zero-order valence-electron chi connectivity index (χ0n) is 18.4. The van der Waals surface area contributed by atoms with Crippen molar-refractivity contribution in [3.05, 3.63) is 12.7 Å². The molecule has 0 aromatic carbocycles. The van der Waals surface area contributed by atoms with Crippen LogP contribution in [-0.4, -0.2) is 67.5 Å². The van der Waals surface area contributed by atoms with E-state index >= 15 is 0 Å². The highest BCUT2D eigenvalue weighted by molar-refractivity contribution is 7.36. The van der Waals surface area contributed by atoms with Crippen molar-refractivity contribution in [1.29, 1.82) is 0 Å². The minimum Gasteiger partial charge on any atom is -0.480 e. The van der Waals surface area contributed by atoms with Crippen molar-refractivity contribution >= 4 is 37.1 Å². The lowest BCUT2D eigenvalue weighted by Crippen LogP contribution is -2.43.